The van der Waals surface area contributed by atoms with Crippen LogP contribution >= 0.6 is 0 Å². The van der Waals surface area contributed by atoms with Crippen molar-refractivity contribution in [3.63, 3.8) is 0 Å². The summed E-state index contributed by atoms with van der Waals surface area (Å²) in [5.74, 6) is 0.350. The number of aromatic nitrogens is 2. The third-order valence-corrected chi connectivity index (χ3v) is 4.67. The van der Waals surface area contributed by atoms with Gasteiger partial charge in [0.05, 0.1) is 12.3 Å². The molecule has 1 atom stereocenters. The van der Waals surface area contributed by atoms with Gasteiger partial charge in [-0.3, -0.25) is 0 Å². The topological polar surface area (TPSA) is 79.3 Å². The molecule has 0 bridgehead atoms. The van der Waals surface area contributed by atoms with E-state index < -0.39 is 6.36 Å². The fourth-order valence-corrected chi connectivity index (χ4v) is 3.35. The molecule has 3 N–H and O–H groups in total. The Labute approximate surface area is 184 Å². The van der Waals surface area contributed by atoms with Crippen LogP contribution in [0.2, 0.25) is 0 Å². The average molecular weight is 446 g/mol. The Morgan fingerprint density at radius 3 is 2.34 bits per heavy atom. The number of aryl methyl sites for hydroxylation is 3. The number of alkyl halides is 3. The van der Waals surface area contributed by atoms with Crippen molar-refractivity contribution < 1.29 is 23.0 Å². The molecule has 0 aliphatic rings. The molecule has 0 aliphatic heterocycles. The summed E-state index contributed by atoms with van der Waals surface area (Å²) in [6.45, 7) is 7.60. The first-order chi connectivity index (χ1) is 15.0. The molecule has 3 rings (SSSR count). The SMILES string of the molecule is Cc1cc(C)c(Nc2cc(-c3cccc(OC(F)(F)F)c3)nc(N[C@H](C)CO)n2)c(C)c1. The van der Waals surface area contributed by atoms with Gasteiger partial charge in [0.1, 0.15) is 11.6 Å². The minimum Gasteiger partial charge on any atom is -0.406 e. The highest BCUT2D eigenvalue weighted by atomic mass is 19.4. The van der Waals surface area contributed by atoms with Crippen LogP contribution in [-0.4, -0.2) is 34.1 Å². The van der Waals surface area contributed by atoms with Crippen molar-refractivity contribution in [1.82, 2.24) is 9.97 Å². The predicted molar refractivity (Wildman–Crippen MR) is 118 cm³/mol. The molecule has 2 aromatic carbocycles. The van der Waals surface area contributed by atoms with Gasteiger partial charge in [0.25, 0.3) is 0 Å². The van der Waals surface area contributed by atoms with Crippen LogP contribution in [0.5, 0.6) is 5.75 Å². The van der Waals surface area contributed by atoms with Crippen LogP contribution in [-0.2, 0) is 0 Å². The second-order valence-corrected chi connectivity index (χ2v) is 7.66. The van der Waals surface area contributed by atoms with Gasteiger partial charge in [-0.25, -0.2) is 4.98 Å². The maximum Gasteiger partial charge on any atom is 0.573 e. The van der Waals surface area contributed by atoms with Crippen molar-refractivity contribution in [1.29, 1.82) is 0 Å². The Morgan fingerprint density at radius 2 is 1.72 bits per heavy atom. The second kappa shape index (κ2) is 9.44. The lowest BCUT2D eigenvalue weighted by molar-refractivity contribution is -0.274. The summed E-state index contributed by atoms with van der Waals surface area (Å²) >= 11 is 0. The quantitative estimate of drug-likeness (QED) is 0.445. The highest BCUT2D eigenvalue weighted by molar-refractivity contribution is 5.71. The number of aliphatic hydroxyl groups is 1. The minimum atomic E-state index is -4.79. The van der Waals surface area contributed by atoms with Gasteiger partial charge < -0.3 is 20.5 Å². The lowest BCUT2D eigenvalue weighted by atomic mass is 10.1. The van der Waals surface area contributed by atoms with Gasteiger partial charge in [0.15, 0.2) is 0 Å². The maximum absolute atomic E-state index is 12.6. The van der Waals surface area contributed by atoms with E-state index in [1.165, 1.54) is 18.2 Å². The second-order valence-electron chi connectivity index (χ2n) is 7.66. The Morgan fingerprint density at radius 1 is 1.03 bits per heavy atom. The summed E-state index contributed by atoms with van der Waals surface area (Å²) in [6.07, 6.45) is -4.79. The average Bonchev–Trinajstić information content (AvgIpc) is 2.69. The summed E-state index contributed by atoms with van der Waals surface area (Å²) in [5.41, 5.74) is 4.90. The number of aliphatic hydroxyl groups excluding tert-OH is 1. The van der Waals surface area contributed by atoms with Crippen molar-refractivity contribution >= 4 is 17.5 Å². The molecule has 1 heterocycles. The number of nitrogens with zero attached hydrogens (tertiary/aromatic N) is 2. The molecular formula is C23H25F3N4O2. The number of anilines is 3. The van der Waals surface area contributed by atoms with E-state index >= 15 is 0 Å². The van der Waals surface area contributed by atoms with Crippen molar-refractivity contribution in [2.45, 2.75) is 40.1 Å². The molecule has 0 aliphatic carbocycles. The van der Waals surface area contributed by atoms with E-state index in [0.29, 0.717) is 17.1 Å². The zero-order valence-electron chi connectivity index (χ0n) is 18.2. The van der Waals surface area contributed by atoms with Gasteiger partial charge in [-0.1, -0.05) is 29.8 Å². The Balaban J connectivity index is 2.03. The van der Waals surface area contributed by atoms with E-state index in [2.05, 4.69) is 25.3 Å². The van der Waals surface area contributed by atoms with Crippen LogP contribution in [0.15, 0.2) is 42.5 Å². The van der Waals surface area contributed by atoms with Crippen molar-refractivity contribution in [3.05, 3.63) is 59.2 Å². The standard InChI is InChI=1S/C23H25F3N4O2/c1-13-8-14(2)21(15(3)9-13)29-20-11-19(28-22(30-20)27-16(4)12-31)17-6-5-7-18(10-17)32-23(24,25)26/h5-11,16,31H,12H2,1-4H3,(H2,27,28,29,30)/t16-/m1/s1. The van der Waals surface area contributed by atoms with Crippen LogP contribution in [0.4, 0.5) is 30.6 Å². The smallest absolute Gasteiger partial charge is 0.406 e. The van der Waals surface area contributed by atoms with E-state index in [-0.39, 0.29) is 24.3 Å². The van der Waals surface area contributed by atoms with E-state index in [4.69, 9.17) is 0 Å². The van der Waals surface area contributed by atoms with Crippen LogP contribution in [0.1, 0.15) is 23.6 Å². The van der Waals surface area contributed by atoms with Crippen molar-refractivity contribution in [3.8, 4) is 17.0 Å². The number of nitrogens with one attached hydrogen (secondary N) is 2. The number of hydrogen-bond acceptors (Lipinski definition) is 6. The first kappa shape index (κ1) is 23.3. The molecule has 170 valence electrons. The summed E-state index contributed by atoms with van der Waals surface area (Å²) < 4.78 is 42.0. The molecule has 6 nitrogen and oxygen atoms in total. The summed E-state index contributed by atoms with van der Waals surface area (Å²) in [5, 5.41) is 15.7. The third-order valence-electron chi connectivity index (χ3n) is 4.67. The monoisotopic (exact) mass is 446 g/mol. The lowest BCUT2D eigenvalue weighted by Gasteiger charge is -2.17. The van der Waals surface area contributed by atoms with Crippen LogP contribution in [0.3, 0.4) is 0 Å². The zero-order valence-corrected chi connectivity index (χ0v) is 18.2. The van der Waals surface area contributed by atoms with Crippen LogP contribution in [0, 0.1) is 20.8 Å². The normalized spacial score (nSPS) is 12.4. The van der Waals surface area contributed by atoms with E-state index in [9.17, 15) is 18.3 Å². The van der Waals surface area contributed by atoms with E-state index in [1.807, 2.05) is 32.9 Å². The van der Waals surface area contributed by atoms with Crippen molar-refractivity contribution in [2.75, 3.05) is 17.2 Å². The summed E-state index contributed by atoms with van der Waals surface area (Å²) in [6, 6.07) is 11.0. The first-order valence-electron chi connectivity index (χ1n) is 10.0. The number of hydrogen-bond donors (Lipinski definition) is 3. The molecule has 0 saturated heterocycles. The molecule has 0 radical (unpaired) electrons. The zero-order chi connectivity index (χ0) is 23.5. The van der Waals surface area contributed by atoms with Crippen molar-refractivity contribution in [2.24, 2.45) is 0 Å². The maximum atomic E-state index is 12.6. The lowest BCUT2D eigenvalue weighted by Crippen LogP contribution is -2.21. The molecule has 3 aromatic rings. The van der Waals surface area contributed by atoms with Gasteiger partial charge in [-0.05, 0) is 51.0 Å². The van der Waals surface area contributed by atoms with Crippen LogP contribution in [0.25, 0.3) is 11.3 Å². The van der Waals surface area contributed by atoms with Gasteiger partial charge in [-0.15, -0.1) is 13.2 Å². The van der Waals surface area contributed by atoms with E-state index in [0.717, 1.165) is 22.4 Å². The van der Waals surface area contributed by atoms with Gasteiger partial charge >= 0.3 is 6.36 Å². The molecule has 0 fully saturated rings. The Bertz CT molecular complexity index is 1080. The Kier molecular flexibility index (Phi) is 6.88. The molecule has 0 amide bonds. The van der Waals surface area contributed by atoms with Gasteiger partial charge in [0, 0.05) is 23.4 Å². The fraction of sp³-hybridized carbons (Fsp3) is 0.304. The molecule has 9 heteroatoms. The van der Waals surface area contributed by atoms with Gasteiger partial charge in [0.2, 0.25) is 5.95 Å². The fourth-order valence-electron chi connectivity index (χ4n) is 3.35. The predicted octanol–water partition coefficient (Wildman–Crippen LogP) is 5.50. The number of ether oxygens (including phenoxy) is 1. The molecular weight excluding hydrogens is 421 g/mol. The molecule has 1 aromatic heterocycles. The molecule has 0 saturated carbocycles. The number of benzene rings is 2. The highest BCUT2D eigenvalue weighted by Crippen LogP contribution is 2.31. The highest BCUT2D eigenvalue weighted by Gasteiger charge is 2.31. The third kappa shape index (κ3) is 6.10. The van der Waals surface area contributed by atoms with E-state index in [1.54, 1.807) is 19.1 Å². The molecule has 0 unspecified atom stereocenters. The number of halogens is 3. The Hall–Kier alpha value is -3.33. The number of rotatable bonds is 7. The van der Waals surface area contributed by atoms with Gasteiger partial charge in [-0.2, -0.15) is 4.98 Å². The largest absolute Gasteiger partial charge is 0.573 e. The summed E-state index contributed by atoms with van der Waals surface area (Å²) in [4.78, 5) is 8.89. The summed E-state index contributed by atoms with van der Waals surface area (Å²) in [7, 11) is 0. The minimum absolute atomic E-state index is 0.137. The molecule has 32 heavy (non-hydrogen) atoms. The first-order valence-corrected chi connectivity index (χ1v) is 10.0. The molecule has 0 spiro atoms. The van der Waals surface area contributed by atoms with Crippen LogP contribution < -0.4 is 15.4 Å².